The first kappa shape index (κ1) is 17.7. The fourth-order valence-corrected chi connectivity index (χ4v) is 3.82. The summed E-state index contributed by atoms with van der Waals surface area (Å²) in [7, 11) is 5.34. The van der Waals surface area contributed by atoms with Gasteiger partial charge in [0.05, 0.1) is 14.2 Å². The standard InChI is InChI=1S/C15H24BrNO2S/c1-10(2)8-20-9-12(17-3)11-6-7-13(18-4)14(16)15(11)19-5/h6-7,10,12,17H,8-9H2,1-5H3. The Hall–Kier alpha value is -0.390. The van der Waals surface area contributed by atoms with Crippen molar-refractivity contribution in [3.05, 3.63) is 22.2 Å². The number of nitrogens with one attached hydrogen (secondary N) is 1. The average Bonchev–Trinajstić information content (AvgIpc) is 2.43. The van der Waals surface area contributed by atoms with E-state index in [0.717, 1.165) is 33.0 Å². The van der Waals surface area contributed by atoms with E-state index in [1.165, 1.54) is 0 Å². The van der Waals surface area contributed by atoms with Crippen LogP contribution in [0.4, 0.5) is 0 Å². The molecule has 114 valence electrons. The molecule has 0 spiro atoms. The van der Waals surface area contributed by atoms with Gasteiger partial charge in [-0.3, -0.25) is 0 Å². The van der Waals surface area contributed by atoms with Crippen LogP contribution in [0.5, 0.6) is 11.5 Å². The second kappa shape index (κ2) is 8.80. The number of hydrogen-bond acceptors (Lipinski definition) is 4. The summed E-state index contributed by atoms with van der Waals surface area (Å²) >= 11 is 5.52. The van der Waals surface area contributed by atoms with Crippen molar-refractivity contribution in [1.82, 2.24) is 5.32 Å². The minimum absolute atomic E-state index is 0.260. The molecule has 0 amide bonds. The normalized spacial score (nSPS) is 12.6. The maximum atomic E-state index is 5.55. The second-order valence-corrected chi connectivity index (χ2v) is 6.84. The van der Waals surface area contributed by atoms with Gasteiger partial charge >= 0.3 is 0 Å². The number of methoxy groups -OCH3 is 2. The summed E-state index contributed by atoms with van der Waals surface area (Å²) in [5.74, 6) is 4.52. The molecule has 1 rings (SSSR count). The molecule has 1 aromatic rings. The predicted octanol–water partition coefficient (Wildman–Crippen LogP) is 4.12. The molecule has 1 N–H and O–H groups in total. The first-order valence-corrected chi connectivity index (χ1v) is 8.65. The van der Waals surface area contributed by atoms with Gasteiger partial charge in [0.1, 0.15) is 16.0 Å². The van der Waals surface area contributed by atoms with Crippen molar-refractivity contribution in [3.63, 3.8) is 0 Å². The Morgan fingerprint density at radius 1 is 1.20 bits per heavy atom. The lowest BCUT2D eigenvalue weighted by Gasteiger charge is -2.21. The summed E-state index contributed by atoms with van der Waals surface area (Å²) in [6, 6.07) is 4.30. The molecule has 0 aliphatic rings. The van der Waals surface area contributed by atoms with Crippen LogP contribution >= 0.6 is 27.7 Å². The summed E-state index contributed by atoms with van der Waals surface area (Å²) < 4.78 is 11.7. The monoisotopic (exact) mass is 361 g/mol. The maximum absolute atomic E-state index is 5.55. The SMILES string of the molecule is CNC(CSCC(C)C)c1ccc(OC)c(Br)c1OC. The van der Waals surface area contributed by atoms with Crippen LogP contribution in [0.15, 0.2) is 16.6 Å². The van der Waals surface area contributed by atoms with Gasteiger partial charge < -0.3 is 14.8 Å². The highest BCUT2D eigenvalue weighted by atomic mass is 79.9. The molecule has 0 saturated carbocycles. The first-order chi connectivity index (χ1) is 9.54. The Morgan fingerprint density at radius 2 is 1.90 bits per heavy atom. The maximum Gasteiger partial charge on any atom is 0.141 e. The summed E-state index contributed by atoms with van der Waals surface area (Å²) in [6.45, 7) is 4.48. The van der Waals surface area contributed by atoms with Crippen LogP contribution in [-0.4, -0.2) is 32.8 Å². The van der Waals surface area contributed by atoms with E-state index < -0.39 is 0 Å². The average molecular weight is 362 g/mol. The van der Waals surface area contributed by atoms with Gasteiger partial charge in [-0.15, -0.1) is 0 Å². The zero-order chi connectivity index (χ0) is 15.1. The lowest BCUT2D eigenvalue weighted by molar-refractivity contribution is 0.382. The van der Waals surface area contributed by atoms with Crippen LogP contribution in [0.1, 0.15) is 25.5 Å². The molecule has 0 bridgehead atoms. The molecule has 0 aromatic heterocycles. The van der Waals surface area contributed by atoms with Gasteiger partial charge in [0.2, 0.25) is 0 Å². The Morgan fingerprint density at radius 3 is 2.40 bits per heavy atom. The lowest BCUT2D eigenvalue weighted by atomic mass is 10.1. The summed E-state index contributed by atoms with van der Waals surface area (Å²) in [5, 5.41) is 3.37. The lowest BCUT2D eigenvalue weighted by Crippen LogP contribution is -2.20. The third-order valence-electron chi connectivity index (χ3n) is 2.98. The zero-order valence-electron chi connectivity index (χ0n) is 12.8. The molecule has 0 saturated heterocycles. The van der Waals surface area contributed by atoms with E-state index >= 15 is 0 Å². The van der Waals surface area contributed by atoms with Gasteiger partial charge in [0.15, 0.2) is 0 Å². The molecule has 1 aromatic carbocycles. The summed E-state index contributed by atoms with van der Waals surface area (Å²) in [6.07, 6.45) is 0. The molecular weight excluding hydrogens is 338 g/mol. The number of thioether (sulfide) groups is 1. The van der Waals surface area contributed by atoms with Gasteiger partial charge in [-0.05, 0) is 46.8 Å². The molecule has 3 nitrogen and oxygen atoms in total. The molecule has 1 atom stereocenters. The van der Waals surface area contributed by atoms with E-state index in [9.17, 15) is 0 Å². The van der Waals surface area contributed by atoms with Crippen molar-refractivity contribution >= 4 is 27.7 Å². The molecule has 0 aliphatic carbocycles. The molecule has 5 heteroatoms. The van der Waals surface area contributed by atoms with Crippen LogP contribution in [0, 0.1) is 5.92 Å². The number of ether oxygens (including phenoxy) is 2. The van der Waals surface area contributed by atoms with Crippen LogP contribution < -0.4 is 14.8 Å². The van der Waals surface area contributed by atoms with Crippen molar-refractivity contribution in [1.29, 1.82) is 0 Å². The number of rotatable bonds is 8. The molecule has 0 aliphatic heterocycles. The van der Waals surface area contributed by atoms with Crippen molar-refractivity contribution in [2.45, 2.75) is 19.9 Å². The van der Waals surface area contributed by atoms with Gasteiger partial charge in [-0.1, -0.05) is 13.8 Å². The number of halogens is 1. The third-order valence-corrected chi connectivity index (χ3v) is 5.20. The van der Waals surface area contributed by atoms with Crippen LogP contribution in [0.25, 0.3) is 0 Å². The Balaban J connectivity index is 2.94. The van der Waals surface area contributed by atoms with E-state index in [1.54, 1.807) is 14.2 Å². The van der Waals surface area contributed by atoms with Crippen molar-refractivity contribution in [3.8, 4) is 11.5 Å². The predicted molar refractivity (Wildman–Crippen MR) is 91.2 cm³/mol. The smallest absolute Gasteiger partial charge is 0.141 e. The van der Waals surface area contributed by atoms with Crippen molar-refractivity contribution in [2.24, 2.45) is 5.92 Å². The molecule has 20 heavy (non-hydrogen) atoms. The highest BCUT2D eigenvalue weighted by molar-refractivity contribution is 9.10. The van der Waals surface area contributed by atoms with Gasteiger partial charge in [-0.25, -0.2) is 0 Å². The number of hydrogen-bond donors (Lipinski definition) is 1. The highest BCUT2D eigenvalue weighted by Gasteiger charge is 2.19. The fraction of sp³-hybridized carbons (Fsp3) is 0.600. The van der Waals surface area contributed by atoms with Crippen LogP contribution in [-0.2, 0) is 0 Å². The molecule has 0 fully saturated rings. The van der Waals surface area contributed by atoms with E-state index in [-0.39, 0.29) is 6.04 Å². The van der Waals surface area contributed by atoms with E-state index in [0.29, 0.717) is 5.92 Å². The molecule has 0 heterocycles. The van der Waals surface area contributed by atoms with Gasteiger partial charge in [-0.2, -0.15) is 11.8 Å². The minimum Gasteiger partial charge on any atom is -0.495 e. The van der Waals surface area contributed by atoms with E-state index in [1.807, 2.05) is 24.9 Å². The van der Waals surface area contributed by atoms with E-state index in [4.69, 9.17) is 9.47 Å². The Bertz CT molecular complexity index is 427. The Labute approximate surface area is 134 Å². The molecule has 0 radical (unpaired) electrons. The zero-order valence-corrected chi connectivity index (χ0v) is 15.2. The summed E-state index contributed by atoms with van der Waals surface area (Å²) in [5.41, 5.74) is 1.15. The largest absolute Gasteiger partial charge is 0.495 e. The van der Waals surface area contributed by atoms with Crippen molar-refractivity contribution < 1.29 is 9.47 Å². The fourth-order valence-electron chi connectivity index (χ4n) is 1.94. The van der Waals surface area contributed by atoms with Gasteiger partial charge in [0, 0.05) is 17.4 Å². The Kier molecular flexibility index (Phi) is 7.77. The highest BCUT2D eigenvalue weighted by Crippen LogP contribution is 2.40. The third kappa shape index (κ3) is 4.57. The van der Waals surface area contributed by atoms with Gasteiger partial charge in [0.25, 0.3) is 0 Å². The van der Waals surface area contributed by atoms with Crippen LogP contribution in [0.3, 0.4) is 0 Å². The van der Waals surface area contributed by atoms with E-state index in [2.05, 4.69) is 41.2 Å². The quantitative estimate of drug-likeness (QED) is 0.754. The number of benzene rings is 1. The minimum atomic E-state index is 0.260. The molecular formula is C15H24BrNO2S. The summed E-state index contributed by atoms with van der Waals surface area (Å²) in [4.78, 5) is 0. The second-order valence-electron chi connectivity index (χ2n) is 4.98. The van der Waals surface area contributed by atoms with Crippen molar-refractivity contribution in [2.75, 3.05) is 32.8 Å². The van der Waals surface area contributed by atoms with Crippen LogP contribution in [0.2, 0.25) is 0 Å². The topological polar surface area (TPSA) is 30.5 Å². The molecule has 1 unspecified atom stereocenters. The first-order valence-electron chi connectivity index (χ1n) is 6.70.